The van der Waals surface area contributed by atoms with Gasteiger partial charge in [-0.2, -0.15) is 5.26 Å². The number of anilines is 1. The van der Waals surface area contributed by atoms with Crippen molar-refractivity contribution in [1.29, 1.82) is 5.26 Å². The maximum atomic E-state index is 12.2. The van der Waals surface area contributed by atoms with Crippen LogP contribution in [0.2, 0.25) is 0 Å². The zero-order valence-corrected chi connectivity index (χ0v) is 15.9. The Morgan fingerprint density at radius 3 is 2.50 bits per heavy atom. The Labute approximate surface area is 165 Å². The summed E-state index contributed by atoms with van der Waals surface area (Å²) in [5, 5.41) is 9.62. The van der Waals surface area contributed by atoms with Crippen molar-refractivity contribution in [1.82, 2.24) is 4.98 Å². The molecule has 1 aromatic heterocycles. The van der Waals surface area contributed by atoms with Crippen LogP contribution in [-0.2, 0) is 14.3 Å². The molecule has 2 aromatic rings. The molecule has 9 heteroatoms. The van der Waals surface area contributed by atoms with Gasteiger partial charge in [0.2, 0.25) is 0 Å². The number of nitrogens with two attached hydrogens (primary N) is 2. The van der Waals surface area contributed by atoms with Crippen LogP contribution < -0.4 is 11.5 Å². The Bertz CT molecular complexity index is 955. The van der Waals surface area contributed by atoms with E-state index in [-0.39, 0.29) is 46.3 Å². The van der Waals surface area contributed by atoms with Crippen LogP contribution in [0.4, 0.5) is 5.82 Å². The van der Waals surface area contributed by atoms with Crippen molar-refractivity contribution < 1.29 is 19.1 Å². The quantitative estimate of drug-likeness (QED) is 0.389. The molecule has 0 aliphatic heterocycles. The van der Waals surface area contributed by atoms with Crippen LogP contribution in [0.25, 0.3) is 11.1 Å². The van der Waals surface area contributed by atoms with Gasteiger partial charge in [0.05, 0.1) is 17.9 Å². The van der Waals surface area contributed by atoms with Gasteiger partial charge in [0.1, 0.15) is 28.9 Å². The van der Waals surface area contributed by atoms with Gasteiger partial charge in [-0.15, -0.1) is 0 Å². The molecule has 0 fully saturated rings. The van der Waals surface area contributed by atoms with Crippen LogP contribution >= 0.6 is 11.8 Å². The molecule has 1 amide bonds. The highest BCUT2D eigenvalue weighted by atomic mass is 32.2. The van der Waals surface area contributed by atoms with Crippen molar-refractivity contribution in [3.8, 4) is 17.2 Å². The third kappa shape index (κ3) is 4.86. The molecule has 0 aliphatic rings. The van der Waals surface area contributed by atoms with Gasteiger partial charge in [-0.1, -0.05) is 42.1 Å². The number of Topliss-reactive ketones (excluding diaryl/α,β-unsaturated/α-hetero) is 1. The Morgan fingerprint density at radius 1 is 1.25 bits per heavy atom. The number of carbonyl (C=O) groups is 3. The molecule has 8 nitrogen and oxygen atoms in total. The summed E-state index contributed by atoms with van der Waals surface area (Å²) in [5.41, 5.74) is 12.3. The minimum absolute atomic E-state index is 0.00545. The van der Waals surface area contributed by atoms with Crippen LogP contribution in [0.15, 0.2) is 35.4 Å². The third-order valence-corrected chi connectivity index (χ3v) is 4.66. The van der Waals surface area contributed by atoms with E-state index in [0.717, 1.165) is 11.8 Å². The first kappa shape index (κ1) is 20.9. The van der Waals surface area contributed by atoms with E-state index < -0.39 is 17.7 Å². The van der Waals surface area contributed by atoms with Crippen molar-refractivity contribution in [2.75, 3.05) is 18.1 Å². The standard InChI is InChI=1S/C19H18N4O4S/c1-2-27-14(25)8-12(24)10-28-19-16(18(22)26)15(11-6-4-3-5-7-11)13(9-20)17(21)23-19/h3-7H,2,8,10H2,1H3,(H2,21,23)(H2,22,26). The lowest BCUT2D eigenvalue weighted by molar-refractivity contribution is -0.145. The fraction of sp³-hybridized carbons (Fsp3) is 0.211. The number of ketones is 1. The fourth-order valence-electron chi connectivity index (χ4n) is 2.49. The fourth-order valence-corrected chi connectivity index (χ4v) is 3.40. The molecule has 0 saturated heterocycles. The van der Waals surface area contributed by atoms with E-state index in [1.165, 1.54) is 0 Å². The zero-order valence-electron chi connectivity index (χ0n) is 15.1. The molecular formula is C19H18N4O4S. The number of aromatic nitrogens is 1. The molecule has 0 spiro atoms. The van der Waals surface area contributed by atoms with E-state index in [1.807, 2.05) is 6.07 Å². The lowest BCUT2D eigenvalue weighted by Crippen LogP contribution is -2.18. The van der Waals surface area contributed by atoms with Crippen molar-refractivity contribution in [2.45, 2.75) is 18.4 Å². The number of amides is 1. The number of nitrogen functional groups attached to an aromatic ring is 1. The summed E-state index contributed by atoms with van der Waals surface area (Å²) >= 11 is 0.927. The molecule has 144 valence electrons. The largest absolute Gasteiger partial charge is 0.466 e. The normalized spacial score (nSPS) is 10.1. The summed E-state index contributed by atoms with van der Waals surface area (Å²) in [5.74, 6) is -2.04. The summed E-state index contributed by atoms with van der Waals surface area (Å²) in [6, 6.07) is 10.7. The summed E-state index contributed by atoms with van der Waals surface area (Å²) in [6.07, 6.45) is -0.385. The second-order valence-electron chi connectivity index (χ2n) is 5.58. The average molecular weight is 398 g/mol. The monoisotopic (exact) mass is 398 g/mol. The van der Waals surface area contributed by atoms with Gasteiger partial charge in [-0.05, 0) is 12.5 Å². The van der Waals surface area contributed by atoms with E-state index in [0.29, 0.717) is 5.56 Å². The van der Waals surface area contributed by atoms with Gasteiger partial charge < -0.3 is 16.2 Å². The first-order chi connectivity index (χ1) is 13.4. The number of benzene rings is 1. The molecule has 28 heavy (non-hydrogen) atoms. The number of carbonyl (C=O) groups excluding carboxylic acids is 3. The molecule has 0 atom stereocenters. The van der Waals surface area contributed by atoms with Crippen LogP contribution in [0.1, 0.15) is 29.3 Å². The Kier molecular flexibility index (Phi) is 7.12. The summed E-state index contributed by atoms with van der Waals surface area (Å²) in [7, 11) is 0. The van der Waals surface area contributed by atoms with Crippen molar-refractivity contribution in [3.05, 3.63) is 41.5 Å². The smallest absolute Gasteiger partial charge is 0.313 e. The van der Waals surface area contributed by atoms with Gasteiger partial charge in [0.15, 0.2) is 5.78 Å². The van der Waals surface area contributed by atoms with Gasteiger partial charge in [0.25, 0.3) is 5.91 Å². The summed E-state index contributed by atoms with van der Waals surface area (Å²) in [6.45, 7) is 1.82. The SMILES string of the molecule is CCOC(=O)CC(=O)CSc1nc(N)c(C#N)c(-c2ccccc2)c1C(N)=O. The topological polar surface area (TPSA) is 149 Å². The highest BCUT2D eigenvalue weighted by Crippen LogP contribution is 2.35. The minimum atomic E-state index is -0.803. The second kappa shape index (κ2) is 9.53. The predicted octanol–water partition coefficient (Wildman–Crippen LogP) is 1.92. The molecule has 0 radical (unpaired) electrons. The second-order valence-corrected chi connectivity index (χ2v) is 6.54. The van der Waals surface area contributed by atoms with E-state index in [2.05, 4.69) is 4.98 Å². The molecule has 0 bridgehead atoms. The average Bonchev–Trinajstić information content (AvgIpc) is 2.66. The van der Waals surface area contributed by atoms with Crippen molar-refractivity contribution >= 4 is 35.2 Å². The number of nitrogens with zero attached hydrogens (tertiary/aromatic N) is 2. The van der Waals surface area contributed by atoms with E-state index >= 15 is 0 Å². The van der Waals surface area contributed by atoms with E-state index in [9.17, 15) is 19.6 Å². The number of nitriles is 1. The molecule has 1 heterocycles. The molecule has 0 unspecified atom stereocenters. The number of primary amides is 1. The highest BCUT2D eigenvalue weighted by molar-refractivity contribution is 8.00. The van der Waals surface area contributed by atoms with Crippen LogP contribution in [0.5, 0.6) is 0 Å². The molecular weight excluding hydrogens is 380 g/mol. The number of hydrogen-bond acceptors (Lipinski definition) is 8. The molecule has 1 aromatic carbocycles. The zero-order chi connectivity index (χ0) is 20.7. The van der Waals surface area contributed by atoms with Crippen LogP contribution in [0.3, 0.4) is 0 Å². The maximum absolute atomic E-state index is 12.2. The molecule has 0 aliphatic carbocycles. The predicted molar refractivity (Wildman–Crippen MR) is 104 cm³/mol. The Morgan fingerprint density at radius 2 is 1.93 bits per heavy atom. The Hall–Kier alpha value is -3.38. The first-order valence-corrected chi connectivity index (χ1v) is 9.26. The number of rotatable bonds is 8. The number of thioether (sulfide) groups is 1. The number of esters is 1. The molecule has 4 N–H and O–H groups in total. The maximum Gasteiger partial charge on any atom is 0.313 e. The lowest BCUT2D eigenvalue weighted by atomic mass is 9.96. The van der Waals surface area contributed by atoms with E-state index in [4.69, 9.17) is 16.2 Å². The van der Waals surface area contributed by atoms with Crippen LogP contribution in [-0.4, -0.2) is 35.0 Å². The number of pyridine rings is 1. The van der Waals surface area contributed by atoms with E-state index in [1.54, 1.807) is 37.3 Å². The summed E-state index contributed by atoms with van der Waals surface area (Å²) < 4.78 is 4.74. The van der Waals surface area contributed by atoms with Gasteiger partial charge >= 0.3 is 5.97 Å². The van der Waals surface area contributed by atoms with Gasteiger partial charge in [-0.3, -0.25) is 14.4 Å². The molecule has 0 saturated carbocycles. The van der Waals surface area contributed by atoms with Crippen molar-refractivity contribution in [2.24, 2.45) is 5.73 Å². The first-order valence-electron chi connectivity index (χ1n) is 8.27. The van der Waals surface area contributed by atoms with Gasteiger partial charge in [-0.25, -0.2) is 4.98 Å². The summed E-state index contributed by atoms with van der Waals surface area (Å²) in [4.78, 5) is 39.7. The van der Waals surface area contributed by atoms with Crippen molar-refractivity contribution in [3.63, 3.8) is 0 Å². The lowest BCUT2D eigenvalue weighted by Gasteiger charge is -2.15. The Balaban J connectivity index is 2.44. The van der Waals surface area contributed by atoms with Crippen LogP contribution in [0, 0.1) is 11.3 Å². The molecule has 2 rings (SSSR count). The third-order valence-electron chi connectivity index (χ3n) is 3.63. The number of ether oxygens (including phenoxy) is 1. The highest BCUT2D eigenvalue weighted by Gasteiger charge is 2.24. The minimum Gasteiger partial charge on any atom is -0.466 e. The number of hydrogen-bond donors (Lipinski definition) is 2. The van der Waals surface area contributed by atoms with Gasteiger partial charge in [0, 0.05) is 5.56 Å².